The Balaban J connectivity index is 1.36. The summed E-state index contributed by atoms with van der Waals surface area (Å²) in [6, 6.07) is 8.13. The average Bonchev–Trinajstić information content (AvgIpc) is 3.27. The fraction of sp³-hybridized carbons (Fsp3) is 0.565. The molecule has 2 aliphatic rings. The second-order valence-electron chi connectivity index (χ2n) is 10.3. The van der Waals surface area contributed by atoms with E-state index in [1.807, 2.05) is 31.2 Å². The van der Waals surface area contributed by atoms with Gasteiger partial charge in [0.1, 0.15) is 18.6 Å². The van der Waals surface area contributed by atoms with Crippen molar-refractivity contribution in [2.45, 2.75) is 64.6 Å². The first kappa shape index (κ1) is 22.9. The van der Waals surface area contributed by atoms with Crippen molar-refractivity contribution >= 4 is 11.9 Å². The highest BCUT2D eigenvalue weighted by Crippen LogP contribution is 2.39. The Hall–Kier alpha value is -3.30. The number of fused-ring (bicyclic) bond motifs is 1. The second-order valence-corrected chi connectivity index (χ2v) is 10.3. The van der Waals surface area contributed by atoms with Gasteiger partial charge in [-0.2, -0.15) is 0 Å². The van der Waals surface area contributed by atoms with Crippen LogP contribution in [0, 0.1) is 15.5 Å². The number of benzene rings is 1. The molecule has 0 saturated carbocycles. The number of piperidine rings is 1. The Bertz CT molecular complexity index is 1020. The number of rotatable bonds is 5. The van der Waals surface area contributed by atoms with Crippen LogP contribution < -0.4 is 9.47 Å². The lowest BCUT2D eigenvalue weighted by Crippen LogP contribution is -2.51. The Morgan fingerprint density at radius 3 is 2.64 bits per heavy atom. The molecule has 3 unspecified atom stereocenters. The molecule has 10 heteroatoms. The summed E-state index contributed by atoms with van der Waals surface area (Å²) in [6.07, 6.45) is 2.11. The van der Waals surface area contributed by atoms with Gasteiger partial charge in [-0.25, -0.2) is 4.79 Å². The SMILES string of the molecule is CC1(COc2ccc(C3CCN(C(=O)O)C(C(C)(C)C)C3)cc2)Cn2cc([N+](=O)[O-])nc2O1. The van der Waals surface area contributed by atoms with E-state index in [2.05, 4.69) is 25.8 Å². The zero-order chi connectivity index (χ0) is 24.0. The third-order valence-corrected chi connectivity index (χ3v) is 6.50. The topological polar surface area (TPSA) is 120 Å². The number of nitro groups is 1. The standard InChI is InChI=1S/C23H30N4O6/c1-22(2,3)18-11-16(9-10-26(18)21(28)29)15-5-7-17(8-6-15)32-14-23(4)13-25-12-19(27(30)31)24-20(25)33-23/h5-8,12,16,18H,9-11,13-14H2,1-4H3,(H,28,29). The minimum absolute atomic E-state index is 0.0358. The predicted octanol–water partition coefficient (Wildman–Crippen LogP) is 4.29. The first-order valence-corrected chi connectivity index (χ1v) is 11.1. The van der Waals surface area contributed by atoms with E-state index in [0.717, 1.165) is 12.8 Å². The van der Waals surface area contributed by atoms with Gasteiger partial charge in [-0.3, -0.25) is 4.57 Å². The number of ether oxygens (including phenoxy) is 2. The van der Waals surface area contributed by atoms with Crippen molar-refractivity contribution < 1.29 is 24.3 Å². The van der Waals surface area contributed by atoms with E-state index in [-0.39, 0.29) is 29.9 Å². The molecule has 1 N–H and O–H groups in total. The Labute approximate surface area is 192 Å². The van der Waals surface area contributed by atoms with Crippen molar-refractivity contribution in [3.8, 4) is 11.8 Å². The van der Waals surface area contributed by atoms with Crippen LogP contribution >= 0.6 is 0 Å². The molecule has 1 aromatic heterocycles. The molecule has 0 spiro atoms. The minimum Gasteiger partial charge on any atom is -0.489 e. The van der Waals surface area contributed by atoms with Gasteiger partial charge in [0.05, 0.1) is 6.54 Å². The van der Waals surface area contributed by atoms with Gasteiger partial charge in [-0.15, -0.1) is 0 Å². The molecule has 1 saturated heterocycles. The molecule has 0 aliphatic carbocycles. The van der Waals surface area contributed by atoms with Gasteiger partial charge < -0.3 is 29.6 Å². The molecular formula is C23H30N4O6. The third-order valence-electron chi connectivity index (χ3n) is 6.50. The number of carboxylic acid groups (broad SMARTS) is 1. The van der Waals surface area contributed by atoms with E-state index in [0.29, 0.717) is 24.8 Å². The molecule has 33 heavy (non-hydrogen) atoms. The summed E-state index contributed by atoms with van der Waals surface area (Å²) in [6.45, 7) is 9.35. The summed E-state index contributed by atoms with van der Waals surface area (Å²) < 4.78 is 13.4. The van der Waals surface area contributed by atoms with Gasteiger partial charge in [0.15, 0.2) is 5.60 Å². The number of nitrogens with zero attached hydrogens (tertiary/aromatic N) is 4. The van der Waals surface area contributed by atoms with Crippen LogP contribution in [-0.2, 0) is 6.54 Å². The third kappa shape index (κ3) is 4.74. The van der Waals surface area contributed by atoms with Gasteiger partial charge in [0.2, 0.25) is 0 Å². The van der Waals surface area contributed by atoms with E-state index < -0.39 is 16.6 Å². The highest BCUT2D eigenvalue weighted by atomic mass is 16.6. The van der Waals surface area contributed by atoms with Gasteiger partial charge in [-0.05, 0) is 53.7 Å². The lowest BCUT2D eigenvalue weighted by atomic mass is 9.75. The summed E-state index contributed by atoms with van der Waals surface area (Å²) in [7, 11) is 0. The molecule has 178 valence electrons. The molecule has 2 aliphatic heterocycles. The van der Waals surface area contributed by atoms with E-state index >= 15 is 0 Å². The largest absolute Gasteiger partial charge is 0.489 e. The maximum Gasteiger partial charge on any atom is 0.415 e. The lowest BCUT2D eigenvalue weighted by Gasteiger charge is -2.44. The van der Waals surface area contributed by atoms with E-state index in [9.17, 15) is 20.0 Å². The van der Waals surface area contributed by atoms with Crippen LogP contribution in [0.25, 0.3) is 0 Å². The maximum atomic E-state index is 11.7. The quantitative estimate of drug-likeness (QED) is 0.524. The molecule has 3 atom stereocenters. The van der Waals surface area contributed by atoms with Crippen LogP contribution in [0.1, 0.15) is 52.0 Å². The van der Waals surface area contributed by atoms with Crippen molar-refractivity contribution in [2.24, 2.45) is 5.41 Å². The van der Waals surface area contributed by atoms with E-state index in [1.165, 1.54) is 11.8 Å². The number of aromatic nitrogens is 2. The second kappa shape index (κ2) is 8.24. The van der Waals surface area contributed by atoms with Crippen molar-refractivity contribution in [3.05, 3.63) is 46.1 Å². The first-order chi connectivity index (χ1) is 15.4. The van der Waals surface area contributed by atoms with E-state index in [1.54, 1.807) is 9.47 Å². The summed E-state index contributed by atoms with van der Waals surface area (Å²) in [5.41, 5.74) is 0.377. The normalized spacial score (nSPS) is 24.8. The summed E-state index contributed by atoms with van der Waals surface area (Å²) in [5, 5.41) is 20.4. The highest BCUT2D eigenvalue weighted by molar-refractivity contribution is 5.65. The summed E-state index contributed by atoms with van der Waals surface area (Å²) >= 11 is 0. The summed E-state index contributed by atoms with van der Waals surface area (Å²) in [4.78, 5) is 27.5. The molecule has 10 nitrogen and oxygen atoms in total. The van der Waals surface area contributed by atoms with Crippen LogP contribution in [0.4, 0.5) is 10.6 Å². The van der Waals surface area contributed by atoms with Crippen LogP contribution in [0.15, 0.2) is 30.5 Å². The number of hydrogen-bond acceptors (Lipinski definition) is 6. The fourth-order valence-corrected chi connectivity index (χ4v) is 4.75. The zero-order valence-electron chi connectivity index (χ0n) is 19.4. The highest BCUT2D eigenvalue weighted by Gasteiger charge is 2.41. The number of likely N-dealkylation sites (tertiary alicyclic amines) is 1. The Kier molecular flexibility index (Phi) is 5.71. The first-order valence-electron chi connectivity index (χ1n) is 11.1. The maximum absolute atomic E-state index is 11.7. The number of hydrogen-bond donors (Lipinski definition) is 1. The summed E-state index contributed by atoms with van der Waals surface area (Å²) in [5.74, 6) is 0.767. The molecule has 2 aromatic rings. The van der Waals surface area contributed by atoms with Crippen LogP contribution in [0.2, 0.25) is 0 Å². The molecular weight excluding hydrogens is 428 g/mol. The fourth-order valence-electron chi connectivity index (χ4n) is 4.75. The van der Waals surface area contributed by atoms with Crippen molar-refractivity contribution in [2.75, 3.05) is 13.2 Å². The average molecular weight is 459 g/mol. The molecule has 4 rings (SSSR count). The number of carbonyl (C=O) groups is 1. The minimum atomic E-state index is -0.851. The van der Waals surface area contributed by atoms with E-state index in [4.69, 9.17) is 9.47 Å². The zero-order valence-corrected chi connectivity index (χ0v) is 19.4. The molecule has 3 heterocycles. The van der Waals surface area contributed by atoms with Crippen LogP contribution in [0.3, 0.4) is 0 Å². The van der Waals surface area contributed by atoms with Crippen molar-refractivity contribution in [3.63, 3.8) is 0 Å². The Morgan fingerprint density at radius 1 is 1.36 bits per heavy atom. The van der Waals surface area contributed by atoms with Gasteiger partial charge in [0, 0.05) is 17.6 Å². The molecule has 0 bridgehead atoms. The predicted molar refractivity (Wildman–Crippen MR) is 120 cm³/mol. The molecule has 1 fully saturated rings. The smallest absolute Gasteiger partial charge is 0.415 e. The van der Waals surface area contributed by atoms with Crippen molar-refractivity contribution in [1.82, 2.24) is 14.5 Å². The van der Waals surface area contributed by atoms with Gasteiger partial charge >= 0.3 is 17.9 Å². The molecule has 1 amide bonds. The lowest BCUT2D eigenvalue weighted by molar-refractivity contribution is -0.389. The van der Waals surface area contributed by atoms with Crippen molar-refractivity contribution in [1.29, 1.82) is 0 Å². The number of amides is 1. The Morgan fingerprint density at radius 2 is 2.06 bits per heavy atom. The number of imidazole rings is 1. The molecule has 1 aromatic carbocycles. The molecule has 0 radical (unpaired) electrons. The van der Waals surface area contributed by atoms with Gasteiger partial charge in [-0.1, -0.05) is 32.9 Å². The monoisotopic (exact) mass is 458 g/mol. The van der Waals surface area contributed by atoms with Gasteiger partial charge in [0.25, 0.3) is 0 Å². The van der Waals surface area contributed by atoms with Crippen LogP contribution in [-0.4, -0.2) is 55.4 Å². The van der Waals surface area contributed by atoms with Crippen LogP contribution in [0.5, 0.6) is 11.8 Å².